The second-order valence-electron chi connectivity index (χ2n) is 9.02. The van der Waals surface area contributed by atoms with Crippen molar-refractivity contribution in [1.82, 2.24) is 0 Å². The van der Waals surface area contributed by atoms with E-state index in [0.29, 0.717) is 5.75 Å². The minimum Gasteiger partial charge on any atom is -0.496 e. The van der Waals surface area contributed by atoms with Crippen molar-refractivity contribution >= 4 is 13.4 Å². The van der Waals surface area contributed by atoms with Crippen molar-refractivity contribution in [3.8, 4) is 17.2 Å². The lowest BCUT2D eigenvalue weighted by molar-refractivity contribution is 0.142. The highest BCUT2D eigenvalue weighted by Gasteiger charge is 2.31. The van der Waals surface area contributed by atoms with Crippen LogP contribution < -0.4 is 14.0 Å². The Morgan fingerprint density at radius 2 is 1.23 bits per heavy atom. The Labute approximate surface area is 230 Å². The second-order valence-corrected chi connectivity index (χ2v) is 10.6. The molecule has 202 valence electrons. The molecule has 4 rings (SSSR count). The van der Waals surface area contributed by atoms with Gasteiger partial charge in [-0.25, -0.2) is 4.57 Å². The van der Waals surface area contributed by atoms with Crippen molar-refractivity contribution in [1.29, 1.82) is 0 Å². The third-order valence-corrected chi connectivity index (χ3v) is 7.69. The van der Waals surface area contributed by atoms with Gasteiger partial charge in [0.1, 0.15) is 5.75 Å². The van der Waals surface area contributed by atoms with Gasteiger partial charge in [0.05, 0.1) is 27.4 Å². The molecule has 0 spiro atoms. The summed E-state index contributed by atoms with van der Waals surface area (Å²) in [7, 11) is -0.923. The van der Waals surface area contributed by atoms with E-state index in [-0.39, 0.29) is 19.0 Å². The van der Waals surface area contributed by atoms with Crippen molar-refractivity contribution in [3.63, 3.8) is 0 Å². The molecule has 0 aromatic heterocycles. The Hall–Kier alpha value is -3.83. The SMILES string of the molecule is C=C(c1ccc(OC)c(OP(=O)(OCc2ccccc2)OCc2ccccc2)c1)c1cc(C)c(C)c(OC)c1. The summed E-state index contributed by atoms with van der Waals surface area (Å²) in [6.45, 7) is 8.44. The molecule has 0 amide bonds. The van der Waals surface area contributed by atoms with Crippen LogP contribution in [-0.2, 0) is 26.8 Å². The van der Waals surface area contributed by atoms with Crippen LogP contribution in [0.4, 0.5) is 0 Å². The molecule has 0 heterocycles. The predicted octanol–water partition coefficient (Wildman–Crippen LogP) is 8.30. The van der Waals surface area contributed by atoms with Crippen molar-refractivity contribution in [2.45, 2.75) is 27.1 Å². The fourth-order valence-electron chi connectivity index (χ4n) is 3.98. The number of ether oxygens (including phenoxy) is 2. The Balaban J connectivity index is 1.64. The highest BCUT2D eigenvalue weighted by Crippen LogP contribution is 2.53. The van der Waals surface area contributed by atoms with E-state index < -0.39 is 7.82 Å². The molecule has 6 nitrogen and oxygen atoms in total. The smallest absolute Gasteiger partial charge is 0.496 e. The van der Waals surface area contributed by atoms with Gasteiger partial charge in [-0.1, -0.05) is 79.4 Å². The minimum atomic E-state index is -4.09. The fraction of sp³-hybridized carbons (Fsp3) is 0.188. The van der Waals surface area contributed by atoms with E-state index in [1.165, 1.54) is 7.11 Å². The van der Waals surface area contributed by atoms with E-state index in [9.17, 15) is 4.57 Å². The molecule has 4 aromatic rings. The van der Waals surface area contributed by atoms with Gasteiger partial charge in [0.2, 0.25) is 0 Å². The third kappa shape index (κ3) is 7.18. The van der Waals surface area contributed by atoms with Gasteiger partial charge >= 0.3 is 7.82 Å². The molecule has 0 N–H and O–H groups in total. The first-order valence-electron chi connectivity index (χ1n) is 12.5. The molecule has 0 saturated carbocycles. The standard InChI is InChI=1S/C32H33O6P/c1-23-18-29(20-31(35-5)24(23)2)25(3)28-16-17-30(34-4)32(19-28)38-39(33,36-21-26-12-8-6-9-13-26)37-22-27-14-10-7-11-15-27/h6-20H,3,21-22H2,1-2,4-5H3. The number of hydrogen-bond acceptors (Lipinski definition) is 6. The molecule has 0 aliphatic rings. The summed E-state index contributed by atoms with van der Waals surface area (Å²) in [6, 6.07) is 28.2. The van der Waals surface area contributed by atoms with Crippen LogP contribution >= 0.6 is 7.82 Å². The van der Waals surface area contributed by atoms with E-state index in [2.05, 4.69) is 12.6 Å². The largest absolute Gasteiger partial charge is 0.530 e. The molecule has 0 saturated heterocycles. The molecule has 4 aromatic carbocycles. The normalized spacial score (nSPS) is 11.2. The zero-order chi connectivity index (χ0) is 27.8. The molecular weight excluding hydrogens is 511 g/mol. The number of phosphoric ester groups is 1. The summed E-state index contributed by atoms with van der Waals surface area (Å²) < 4.78 is 42.6. The van der Waals surface area contributed by atoms with Gasteiger partial charge in [0.15, 0.2) is 11.5 Å². The highest BCUT2D eigenvalue weighted by atomic mass is 31.2. The minimum absolute atomic E-state index is 0.0457. The van der Waals surface area contributed by atoms with E-state index >= 15 is 0 Å². The molecule has 0 radical (unpaired) electrons. The average molecular weight is 545 g/mol. The van der Waals surface area contributed by atoms with Crippen LogP contribution in [0, 0.1) is 13.8 Å². The first-order chi connectivity index (χ1) is 18.8. The van der Waals surface area contributed by atoms with Crippen LogP contribution in [0.15, 0.2) is 97.6 Å². The maximum Gasteiger partial charge on any atom is 0.530 e. The summed E-state index contributed by atoms with van der Waals surface area (Å²) in [6.07, 6.45) is 0. The zero-order valence-corrected chi connectivity index (χ0v) is 23.6. The van der Waals surface area contributed by atoms with Crippen LogP contribution in [-0.4, -0.2) is 14.2 Å². The van der Waals surface area contributed by atoms with Crippen molar-refractivity contribution < 1.29 is 27.6 Å². The number of hydrogen-bond donors (Lipinski definition) is 0. The number of rotatable bonds is 12. The summed E-state index contributed by atoms with van der Waals surface area (Å²) in [4.78, 5) is 0. The van der Waals surface area contributed by atoms with Crippen molar-refractivity contribution in [2.75, 3.05) is 14.2 Å². The monoisotopic (exact) mass is 544 g/mol. The maximum absolute atomic E-state index is 14.0. The van der Waals surface area contributed by atoms with Crippen LogP contribution in [0.3, 0.4) is 0 Å². The molecule has 0 aliphatic heterocycles. The highest BCUT2D eigenvalue weighted by molar-refractivity contribution is 7.48. The lowest BCUT2D eigenvalue weighted by Crippen LogP contribution is -2.05. The molecule has 7 heteroatoms. The topological polar surface area (TPSA) is 63.2 Å². The molecular formula is C32H33O6P. The summed E-state index contributed by atoms with van der Waals surface area (Å²) in [5.74, 6) is 1.39. The quantitative estimate of drug-likeness (QED) is 0.167. The van der Waals surface area contributed by atoms with Gasteiger partial charge in [-0.15, -0.1) is 0 Å². The third-order valence-electron chi connectivity index (χ3n) is 6.37. The van der Waals surface area contributed by atoms with E-state index in [1.54, 1.807) is 19.2 Å². The summed E-state index contributed by atoms with van der Waals surface area (Å²) >= 11 is 0. The second kappa shape index (κ2) is 12.8. The lowest BCUT2D eigenvalue weighted by atomic mass is 9.95. The summed E-state index contributed by atoms with van der Waals surface area (Å²) in [5, 5.41) is 0. The van der Waals surface area contributed by atoms with Crippen LogP contribution in [0.25, 0.3) is 5.57 Å². The zero-order valence-electron chi connectivity index (χ0n) is 22.7. The first-order valence-corrected chi connectivity index (χ1v) is 14.0. The molecule has 0 fully saturated rings. The van der Waals surface area contributed by atoms with Gasteiger partial charge in [-0.05, 0) is 71.0 Å². The number of benzene rings is 4. The van der Waals surface area contributed by atoms with E-state index in [4.69, 9.17) is 23.0 Å². The van der Waals surface area contributed by atoms with Crippen LogP contribution in [0.2, 0.25) is 0 Å². The molecule has 0 aliphatic carbocycles. The number of methoxy groups -OCH3 is 2. The Morgan fingerprint density at radius 1 is 0.692 bits per heavy atom. The van der Waals surface area contributed by atoms with Crippen molar-refractivity contribution in [3.05, 3.63) is 131 Å². The Bertz CT molecular complexity index is 1420. The maximum atomic E-state index is 14.0. The first kappa shape index (κ1) is 28.2. The average Bonchev–Trinajstić information content (AvgIpc) is 2.97. The van der Waals surface area contributed by atoms with Gasteiger partial charge in [-0.3, -0.25) is 9.05 Å². The molecule has 0 unspecified atom stereocenters. The lowest BCUT2D eigenvalue weighted by Gasteiger charge is -2.21. The molecule has 0 bridgehead atoms. The van der Waals surface area contributed by atoms with E-state index in [0.717, 1.165) is 44.7 Å². The van der Waals surface area contributed by atoms with Gasteiger partial charge in [-0.2, -0.15) is 0 Å². The van der Waals surface area contributed by atoms with E-state index in [1.807, 2.05) is 86.6 Å². The van der Waals surface area contributed by atoms with Crippen molar-refractivity contribution in [2.24, 2.45) is 0 Å². The predicted molar refractivity (Wildman–Crippen MR) is 154 cm³/mol. The fourth-order valence-corrected chi connectivity index (χ4v) is 5.16. The van der Waals surface area contributed by atoms with Gasteiger partial charge < -0.3 is 14.0 Å². The summed E-state index contributed by atoms with van der Waals surface area (Å²) in [5.41, 5.74) is 6.23. The molecule has 39 heavy (non-hydrogen) atoms. The Morgan fingerprint density at radius 3 is 1.77 bits per heavy atom. The number of aryl methyl sites for hydroxylation is 1. The molecule has 0 atom stereocenters. The van der Waals surface area contributed by atoms with Gasteiger partial charge in [0.25, 0.3) is 0 Å². The van der Waals surface area contributed by atoms with Crippen LogP contribution in [0.1, 0.15) is 33.4 Å². The van der Waals surface area contributed by atoms with Gasteiger partial charge in [0, 0.05) is 0 Å². The van der Waals surface area contributed by atoms with Crippen LogP contribution in [0.5, 0.6) is 17.2 Å². The Kier molecular flexibility index (Phi) is 9.26. The number of phosphoric acid groups is 1.